The lowest BCUT2D eigenvalue weighted by Gasteiger charge is -2.26. The molecule has 0 aromatic carbocycles. The van der Waals surface area contributed by atoms with Gasteiger partial charge in [0.1, 0.15) is 18.3 Å². The Bertz CT molecular complexity index is 257. The van der Waals surface area contributed by atoms with Crippen LogP contribution in [-0.2, 0) is 23.7 Å². The standard InChI is InChI=1S/C15H30O5/c1-10(2)18-9-13-15(19-11(3)4)14(12(5)20-13)17-8-7-16-6/h10-15H,7-9H2,1-6H3/t12-,13?,14-,15+/m0/s1. The molecule has 5 heteroatoms. The molecule has 1 aliphatic heterocycles. The predicted molar refractivity (Wildman–Crippen MR) is 77.0 cm³/mol. The second-order valence-electron chi connectivity index (χ2n) is 5.74. The molecule has 1 fully saturated rings. The first-order valence-electron chi connectivity index (χ1n) is 7.48. The Balaban J connectivity index is 2.60. The van der Waals surface area contributed by atoms with E-state index in [0.29, 0.717) is 19.8 Å². The maximum absolute atomic E-state index is 6.00. The van der Waals surface area contributed by atoms with Crippen LogP contribution in [0, 0.1) is 0 Å². The van der Waals surface area contributed by atoms with Crippen LogP contribution in [0.4, 0.5) is 0 Å². The zero-order valence-corrected chi connectivity index (χ0v) is 13.6. The molecule has 0 N–H and O–H groups in total. The molecule has 20 heavy (non-hydrogen) atoms. The summed E-state index contributed by atoms with van der Waals surface area (Å²) in [6.45, 7) is 11.8. The fourth-order valence-electron chi connectivity index (χ4n) is 2.31. The van der Waals surface area contributed by atoms with Gasteiger partial charge in [-0.2, -0.15) is 0 Å². The molecule has 0 aromatic heterocycles. The van der Waals surface area contributed by atoms with Crippen molar-refractivity contribution in [2.75, 3.05) is 26.9 Å². The van der Waals surface area contributed by atoms with Crippen molar-refractivity contribution in [3.05, 3.63) is 0 Å². The van der Waals surface area contributed by atoms with E-state index in [2.05, 4.69) is 0 Å². The number of hydrogen-bond donors (Lipinski definition) is 0. The summed E-state index contributed by atoms with van der Waals surface area (Å²) in [4.78, 5) is 0. The summed E-state index contributed by atoms with van der Waals surface area (Å²) in [6, 6.07) is 0. The van der Waals surface area contributed by atoms with E-state index in [4.69, 9.17) is 23.7 Å². The third-order valence-electron chi connectivity index (χ3n) is 3.16. The Labute approximate surface area is 122 Å². The van der Waals surface area contributed by atoms with Crippen LogP contribution in [-0.4, -0.2) is 63.6 Å². The largest absolute Gasteiger partial charge is 0.382 e. The quantitative estimate of drug-likeness (QED) is 0.608. The van der Waals surface area contributed by atoms with Crippen LogP contribution >= 0.6 is 0 Å². The van der Waals surface area contributed by atoms with Gasteiger partial charge < -0.3 is 23.7 Å². The summed E-state index contributed by atoms with van der Waals surface area (Å²) < 4.78 is 28.5. The number of rotatable bonds is 9. The first kappa shape index (κ1) is 17.9. The summed E-state index contributed by atoms with van der Waals surface area (Å²) in [5.74, 6) is 0. The fraction of sp³-hybridized carbons (Fsp3) is 1.00. The molecule has 0 aromatic rings. The second-order valence-corrected chi connectivity index (χ2v) is 5.74. The van der Waals surface area contributed by atoms with Gasteiger partial charge in [0.15, 0.2) is 0 Å². The molecular formula is C15H30O5. The van der Waals surface area contributed by atoms with Crippen molar-refractivity contribution in [1.82, 2.24) is 0 Å². The van der Waals surface area contributed by atoms with Crippen LogP contribution in [0.25, 0.3) is 0 Å². The lowest BCUT2D eigenvalue weighted by Crippen LogP contribution is -2.41. The van der Waals surface area contributed by atoms with Crippen molar-refractivity contribution in [3.63, 3.8) is 0 Å². The summed E-state index contributed by atoms with van der Waals surface area (Å²) in [5.41, 5.74) is 0. The maximum atomic E-state index is 6.00. The molecule has 120 valence electrons. The van der Waals surface area contributed by atoms with Crippen molar-refractivity contribution in [2.24, 2.45) is 0 Å². The van der Waals surface area contributed by atoms with Gasteiger partial charge in [-0.05, 0) is 34.6 Å². The highest BCUT2D eigenvalue weighted by atomic mass is 16.6. The summed E-state index contributed by atoms with van der Waals surface area (Å²) in [5, 5.41) is 0. The van der Waals surface area contributed by atoms with Crippen molar-refractivity contribution < 1.29 is 23.7 Å². The van der Waals surface area contributed by atoms with Gasteiger partial charge >= 0.3 is 0 Å². The number of methoxy groups -OCH3 is 1. The topological polar surface area (TPSA) is 46.2 Å². The lowest BCUT2D eigenvalue weighted by atomic mass is 10.1. The van der Waals surface area contributed by atoms with Crippen molar-refractivity contribution >= 4 is 0 Å². The van der Waals surface area contributed by atoms with Crippen LogP contribution in [0.15, 0.2) is 0 Å². The monoisotopic (exact) mass is 290 g/mol. The summed E-state index contributed by atoms with van der Waals surface area (Å²) >= 11 is 0. The zero-order valence-electron chi connectivity index (χ0n) is 13.6. The highest BCUT2D eigenvalue weighted by Crippen LogP contribution is 2.28. The van der Waals surface area contributed by atoms with Crippen LogP contribution < -0.4 is 0 Å². The van der Waals surface area contributed by atoms with E-state index in [1.54, 1.807) is 7.11 Å². The zero-order chi connectivity index (χ0) is 15.1. The minimum absolute atomic E-state index is 0.00336. The van der Waals surface area contributed by atoms with E-state index in [1.165, 1.54) is 0 Å². The number of ether oxygens (including phenoxy) is 5. The van der Waals surface area contributed by atoms with Gasteiger partial charge in [-0.25, -0.2) is 0 Å². The van der Waals surface area contributed by atoms with Gasteiger partial charge in [-0.3, -0.25) is 0 Å². The molecule has 1 aliphatic rings. The molecule has 5 nitrogen and oxygen atoms in total. The van der Waals surface area contributed by atoms with Crippen LogP contribution in [0.3, 0.4) is 0 Å². The van der Waals surface area contributed by atoms with Gasteiger partial charge in [0, 0.05) is 7.11 Å². The molecule has 0 saturated carbocycles. The lowest BCUT2D eigenvalue weighted by molar-refractivity contribution is -0.106. The summed E-state index contributed by atoms with van der Waals surface area (Å²) in [7, 11) is 1.67. The third-order valence-corrected chi connectivity index (χ3v) is 3.16. The third kappa shape index (κ3) is 5.66. The molecule has 1 unspecified atom stereocenters. The molecular weight excluding hydrogens is 260 g/mol. The van der Waals surface area contributed by atoms with Gasteiger partial charge in [0.25, 0.3) is 0 Å². The molecule has 4 atom stereocenters. The van der Waals surface area contributed by atoms with Crippen LogP contribution in [0.1, 0.15) is 34.6 Å². The Morgan fingerprint density at radius 3 is 2.25 bits per heavy atom. The van der Waals surface area contributed by atoms with E-state index < -0.39 is 0 Å². The smallest absolute Gasteiger partial charge is 0.115 e. The van der Waals surface area contributed by atoms with Crippen molar-refractivity contribution in [3.8, 4) is 0 Å². The highest BCUT2D eigenvalue weighted by molar-refractivity contribution is 4.91. The van der Waals surface area contributed by atoms with Crippen molar-refractivity contribution in [2.45, 2.75) is 71.2 Å². The molecule has 0 amide bonds. The molecule has 0 bridgehead atoms. The molecule has 0 radical (unpaired) electrons. The SMILES string of the molecule is COCCO[C@H]1[C@H](C)OC(COC(C)C)[C@H]1OC(C)C. The van der Waals surface area contributed by atoms with Crippen molar-refractivity contribution in [1.29, 1.82) is 0 Å². The average Bonchev–Trinajstić information content (AvgIpc) is 2.64. The molecule has 1 saturated heterocycles. The Hall–Kier alpha value is -0.200. The Kier molecular flexibility index (Phi) is 7.99. The van der Waals surface area contributed by atoms with E-state index in [9.17, 15) is 0 Å². The van der Waals surface area contributed by atoms with E-state index in [0.717, 1.165) is 0 Å². The summed E-state index contributed by atoms with van der Waals surface area (Å²) in [6.07, 6.45) is 0.0543. The predicted octanol–water partition coefficient (Wildman–Crippen LogP) is 2.02. The Morgan fingerprint density at radius 2 is 1.70 bits per heavy atom. The minimum Gasteiger partial charge on any atom is -0.382 e. The molecule has 0 aliphatic carbocycles. The molecule has 0 spiro atoms. The van der Waals surface area contributed by atoms with Crippen LogP contribution in [0.5, 0.6) is 0 Å². The average molecular weight is 290 g/mol. The van der Waals surface area contributed by atoms with Gasteiger partial charge in [0.2, 0.25) is 0 Å². The normalized spacial score (nSPS) is 30.6. The fourth-order valence-corrected chi connectivity index (χ4v) is 2.31. The first-order valence-corrected chi connectivity index (χ1v) is 7.48. The molecule has 1 heterocycles. The Morgan fingerprint density at radius 1 is 1.00 bits per heavy atom. The minimum atomic E-state index is -0.0967. The van der Waals surface area contributed by atoms with E-state index in [-0.39, 0.29) is 36.6 Å². The first-order chi connectivity index (χ1) is 9.45. The highest BCUT2D eigenvalue weighted by Gasteiger charge is 2.44. The van der Waals surface area contributed by atoms with Gasteiger partial charge in [-0.15, -0.1) is 0 Å². The number of hydrogen-bond acceptors (Lipinski definition) is 5. The maximum Gasteiger partial charge on any atom is 0.115 e. The van der Waals surface area contributed by atoms with Crippen LogP contribution in [0.2, 0.25) is 0 Å². The molecule has 1 rings (SSSR count). The van der Waals surface area contributed by atoms with E-state index >= 15 is 0 Å². The van der Waals surface area contributed by atoms with Gasteiger partial charge in [0.05, 0.1) is 38.1 Å². The second kappa shape index (κ2) is 8.95. The van der Waals surface area contributed by atoms with Gasteiger partial charge in [-0.1, -0.05) is 0 Å². The van der Waals surface area contributed by atoms with E-state index in [1.807, 2.05) is 34.6 Å².